The lowest BCUT2D eigenvalue weighted by atomic mass is 10.2. The molecule has 2 aromatic heterocycles. The third-order valence-corrected chi connectivity index (χ3v) is 4.28. The van der Waals surface area contributed by atoms with Gasteiger partial charge in [0.1, 0.15) is 11.5 Å². The molecule has 2 aromatic rings. The Labute approximate surface area is 135 Å². The van der Waals surface area contributed by atoms with Crippen LogP contribution in [0.1, 0.15) is 21.8 Å². The SMILES string of the molecule is Cc1c(CCO)sc[n+]1Cc1ccc(C(F)(F)F)nc1N.[Cl-]. The van der Waals surface area contributed by atoms with Crippen molar-refractivity contribution < 1.29 is 35.3 Å². The number of alkyl halides is 3. The van der Waals surface area contributed by atoms with Gasteiger partial charge in [-0.05, 0) is 12.1 Å². The molecule has 0 aliphatic carbocycles. The predicted molar refractivity (Wildman–Crippen MR) is 72.8 cm³/mol. The lowest BCUT2D eigenvalue weighted by molar-refractivity contribution is -0.689. The summed E-state index contributed by atoms with van der Waals surface area (Å²) in [5.41, 5.74) is 7.99. The fourth-order valence-corrected chi connectivity index (χ4v) is 2.91. The number of aliphatic hydroxyl groups is 1. The van der Waals surface area contributed by atoms with Gasteiger partial charge in [0.25, 0.3) is 0 Å². The summed E-state index contributed by atoms with van der Waals surface area (Å²) in [5, 5.41) is 8.95. The molecule has 0 spiro atoms. The molecular weight excluding hydrogens is 339 g/mol. The quantitative estimate of drug-likeness (QED) is 0.688. The monoisotopic (exact) mass is 353 g/mol. The average Bonchev–Trinajstić information content (AvgIpc) is 2.73. The van der Waals surface area contributed by atoms with E-state index in [1.807, 2.05) is 17.0 Å². The van der Waals surface area contributed by atoms with Crippen LogP contribution in [-0.4, -0.2) is 16.7 Å². The van der Waals surface area contributed by atoms with Gasteiger partial charge in [0.2, 0.25) is 5.51 Å². The molecule has 0 unspecified atom stereocenters. The van der Waals surface area contributed by atoms with Crippen molar-refractivity contribution in [3.63, 3.8) is 0 Å². The molecule has 0 atom stereocenters. The van der Waals surface area contributed by atoms with E-state index in [1.165, 1.54) is 17.4 Å². The Balaban J connectivity index is 0.00000242. The van der Waals surface area contributed by atoms with Crippen molar-refractivity contribution in [2.24, 2.45) is 0 Å². The zero-order valence-electron chi connectivity index (χ0n) is 11.7. The van der Waals surface area contributed by atoms with Crippen molar-refractivity contribution in [2.75, 3.05) is 12.3 Å². The Morgan fingerprint density at radius 2 is 2.05 bits per heavy atom. The first kappa shape index (κ1) is 18.7. The topological polar surface area (TPSA) is 63.0 Å². The normalized spacial score (nSPS) is 11.3. The van der Waals surface area contributed by atoms with Crippen LogP contribution in [0.2, 0.25) is 0 Å². The van der Waals surface area contributed by atoms with Gasteiger partial charge in [0.05, 0.1) is 10.4 Å². The highest BCUT2D eigenvalue weighted by Crippen LogP contribution is 2.28. The fraction of sp³-hybridized carbons (Fsp3) is 0.385. The summed E-state index contributed by atoms with van der Waals surface area (Å²) in [4.78, 5) is 4.45. The van der Waals surface area contributed by atoms with E-state index in [1.54, 1.807) is 0 Å². The number of pyridine rings is 1. The minimum absolute atomic E-state index is 0. The van der Waals surface area contributed by atoms with Crippen molar-refractivity contribution in [3.05, 3.63) is 39.5 Å². The molecule has 0 aliphatic rings. The minimum Gasteiger partial charge on any atom is -1.00 e. The van der Waals surface area contributed by atoms with Crippen LogP contribution in [0.5, 0.6) is 0 Å². The zero-order chi connectivity index (χ0) is 15.6. The smallest absolute Gasteiger partial charge is 0.433 e. The van der Waals surface area contributed by atoms with Crippen molar-refractivity contribution in [1.82, 2.24) is 4.98 Å². The van der Waals surface area contributed by atoms with Crippen LogP contribution in [0.3, 0.4) is 0 Å². The van der Waals surface area contributed by atoms with Crippen LogP contribution in [0.15, 0.2) is 17.6 Å². The Morgan fingerprint density at radius 3 is 2.59 bits per heavy atom. The third-order valence-electron chi connectivity index (χ3n) is 3.14. The van der Waals surface area contributed by atoms with Gasteiger partial charge >= 0.3 is 6.18 Å². The number of rotatable bonds is 4. The maximum absolute atomic E-state index is 12.5. The predicted octanol–water partition coefficient (Wildman–Crippen LogP) is -1.07. The molecule has 4 nitrogen and oxygen atoms in total. The first-order valence-corrected chi connectivity index (χ1v) is 7.10. The van der Waals surface area contributed by atoms with Gasteiger partial charge < -0.3 is 23.2 Å². The molecule has 2 rings (SSSR count). The van der Waals surface area contributed by atoms with E-state index in [0.717, 1.165) is 16.6 Å². The van der Waals surface area contributed by atoms with Gasteiger partial charge in [-0.1, -0.05) is 11.3 Å². The number of hydrogen-bond donors (Lipinski definition) is 2. The number of thiazole rings is 1. The van der Waals surface area contributed by atoms with Crippen LogP contribution < -0.4 is 22.7 Å². The van der Waals surface area contributed by atoms with Crippen molar-refractivity contribution in [3.8, 4) is 0 Å². The van der Waals surface area contributed by atoms with Crippen LogP contribution in [0, 0.1) is 6.92 Å². The second-order valence-electron chi connectivity index (χ2n) is 4.57. The van der Waals surface area contributed by atoms with Gasteiger partial charge in [0, 0.05) is 20.0 Å². The molecule has 3 N–H and O–H groups in total. The Hall–Kier alpha value is -1.38. The minimum atomic E-state index is -4.49. The highest BCUT2D eigenvalue weighted by Gasteiger charge is 2.33. The fourth-order valence-electron chi connectivity index (χ4n) is 1.93. The molecule has 0 saturated heterocycles. The van der Waals surface area contributed by atoms with Crippen molar-refractivity contribution in [2.45, 2.75) is 26.1 Å². The van der Waals surface area contributed by atoms with E-state index in [9.17, 15) is 13.2 Å². The number of nitrogens with two attached hydrogens (primary N) is 1. The third kappa shape index (κ3) is 4.08. The second kappa shape index (κ2) is 7.26. The number of anilines is 1. The molecule has 9 heteroatoms. The molecule has 0 saturated carbocycles. The summed E-state index contributed by atoms with van der Waals surface area (Å²) in [5.74, 6) is -0.119. The van der Waals surface area contributed by atoms with Crippen LogP contribution in [0.4, 0.5) is 19.0 Å². The van der Waals surface area contributed by atoms with Crippen LogP contribution >= 0.6 is 11.3 Å². The Kier molecular flexibility index (Phi) is 6.16. The molecule has 0 aliphatic heterocycles. The highest BCUT2D eigenvalue weighted by molar-refractivity contribution is 7.09. The van der Waals surface area contributed by atoms with E-state index in [-0.39, 0.29) is 24.8 Å². The number of aliphatic hydroxyl groups excluding tert-OH is 1. The number of hydrogen-bond acceptors (Lipinski definition) is 4. The summed E-state index contributed by atoms with van der Waals surface area (Å²) in [6.07, 6.45) is -3.93. The summed E-state index contributed by atoms with van der Waals surface area (Å²) in [6.45, 7) is 2.31. The molecule has 0 amide bonds. The maximum atomic E-state index is 12.5. The Morgan fingerprint density at radius 1 is 1.36 bits per heavy atom. The maximum Gasteiger partial charge on any atom is 0.433 e. The largest absolute Gasteiger partial charge is 1.00 e. The summed E-state index contributed by atoms with van der Waals surface area (Å²) in [6, 6.07) is 2.28. The molecule has 2 heterocycles. The van der Waals surface area contributed by atoms with Gasteiger partial charge in [-0.15, -0.1) is 0 Å². The summed E-state index contributed by atoms with van der Waals surface area (Å²) in [7, 11) is 0. The van der Waals surface area contributed by atoms with E-state index in [4.69, 9.17) is 10.8 Å². The first-order valence-electron chi connectivity index (χ1n) is 6.22. The first-order chi connectivity index (χ1) is 9.82. The van der Waals surface area contributed by atoms with Crippen molar-refractivity contribution >= 4 is 17.2 Å². The molecular formula is C13H15ClF3N3OS. The summed E-state index contributed by atoms with van der Waals surface area (Å²) >= 11 is 1.49. The number of nitrogens with zero attached hydrogens (tertiary/aromatic N) is 2. The van der Waals surface area contributed by atoms with Crippen LogP contribution in [-0.2, 0) is 19.1 Å². The van der Waals surface area contributed by atoms with Gasteiger partial charge in [-0.3, -0.25) is 0 Å². The molecule has 0 bridgehead atoms. The Bertz CT molecular complexity index is 646. The van der Waals surface area contributed by atoms with Gasteiger partial charge in [-0.2, -0.15) is 17.7 Å². The molecule has 122 valence electrons. The molecule has 0 radical (unpaired) electrons. The van der Waals surface area contributed by atoms with Gasteiger partial charge in [-0.25, -0.2) is 4.98 Å². The number of nitrogen functional groups attached to an aromatic ring is 1. The number of aromatic nitrogens is 2. The molecule has 0 fully saturated rings. The van der Waals surface area contributed by atoms with Gasteiger partial charge in [0.15, 0.2) is 12.2 Å². The number of halogens is 4. The highest BCUT2D eigenvalue weighted by atomic mass is 35.5. The molecule has 0 aromatic carbocycles. The second-order valence-corrected chi connectivity index (χ2v) is 5.51. The lowest BCUT2D eigenvalue weighted by Crippen LogP contribution is -3.00. The van der Waals surface area contributed by atoms with E-state index >= 15 is 0 Å². The van der Waals surface area contributed by atoms with E-state index in [0.29, 0.717) is 18.5 Å². The van der Waals surface area contributed by atoms with E-state index < -0.39 is 11.9 Å². The van der Waals surface area contributed by atoms with E-state index in [2.05, 4.69) is 4.98 Å². The lowest BCUT2D eigenvalue weighted by Gasteiger charge is -2.08. The molecule has 22 heavy (non-hydrogen) atoms. The zero-order valence-corrected chi connectivity index (χ0v) is 13.3. The standard InChI is InChI=1S/C13H15F3N3OS.ClH/c1-8-10(4-5-20)21-7-19(8)6-9-2-3-11(13(14,15)16)18-12(9)17;/h2-3,7,20H,4-6H2,1H3,(H2,17,18);1H/q+1;/p-1. The van der Waals surface area contributed by atoms with Crippen LogP contribution in [0.25, 0.3) is 0 Å². The summed E-state index contributed by atoms with van der Waals surface area (Å²) < 4.78 is 39.5. The van der Waals surface area contributed by atoms with Crippen molar-refractivity contribution in [1.29, 1.82) is 0 Å². The average molecular weight is 354 g/mol.